The molecule has 0 heterocycles. The summed E-state index contributed by atoms with van der Waals surface area (Å²) in [5.74, 6) is -0.871. The molecule has 21 heavy (non-hydrogen) atoms. The molecule has 0 bridgehead atoms. The highest BCUT2D eigenvalue weighted by Gasteiger charge is 2.15. The third-order valence-electron chi connectivity index (χ3n) is 3.47. The largest absolute Gasteiger partial charge is 0.357 e. The van der Waals surface area contributed by atoms with Crippen LogP contribution in [-0.4, -0.2) is 23.8 Å². The number of nitrogens with one attached hydrogen (secondary N) is 1. The average Bonchev–Trinajstić information content (AvgIpc) is 2.45. The van der Waals surface area contributed by atoms with Crippen LogP contribution in [0.2, 0.25) is 0 Å². The highest BCUT2D eigenvalue weighted by Crippen LogP contribution is 2.24. The molecule has 0 unspecified atom stereocenters. The number of rotatable bonds is 5. The first-order valence-electron chi connectivity index (χ1n) is 7.30. The van der Waals surface area contributed by atoms with Gasteiger partial charge in [-0.1, -0.05) is 32.0 Å². The van der Waals surface area contributed by atoms with Gasteiger partial charge in [-0.2, -0.15) is 0 Å². The smallest absolute Gasteiger partial charge is 0.133 e. The summed E-state index contributed by atoms with van der Waals surface area (Å²) >= 11 is 0. The summed E-state index contributed by atoms with van der Waals surface area (Å²) in [6.07, 6.45) is 1.85. The predicted molar refractivity (Wildman–Crippen MR) is 82.8 cm³/mol. The Morgan fingerprint density at radius 3 is 2.33 bits per heavy atom. The molecule has 2 aromatic carbocycles. The van der Waals surface area contributed by atoms with E-state index in [0.29, 0.717) is 22.2 Å². The monoisotopic (exact) mass is 290 g/mol. The first-order chi connectivity index (χ1) is 10.1. The number of hydrogen-bond donors (Lipinski definition) is 1. The first kappa shape index (κ1) is 15.4. The van der Waals surface area contributed by atoms with Gasteiger partial charge in [0.05, 0.1) is 0 Å². The van der Waals surface area contributed by atoms with Crippen molar-refractivity contribution in [1.82, 2.24) is 4.90 Å². The quantitative estimate of drug-likeness (QED) is 0.634. The molecule has 0 aromatic heterocycles. The molecule has 0 spiro atoms. The summed E-state index contributed by atoms with van der Waals surface area (Å²) in [4.78, 5) is 1.96. The minimum Gasteiger partial charge on any atom is -0.357 e. The van der Waals surface area contributed by atoms with E-state index in [9.17, 15) is 8.78 Å². The van der Waals surface area contributed by atoms with Gasteiger partial charge in [0.2, 0.25) is 0 Å². The maximum absolute atomic E-state index is 13.9. The molecule has 0 aliphatic heterocycles. The summed E-state index contributed by atoms with van der Waals surface area (Å²) in [6, 6.07) is 7.26. The van der Waals surface area contributed by atoms with Gasteiger partial charge in [-0.25, -0.2) is 8.78 Å². The lowest BCUT2D eigenvalue weighted by Crippen LogP contribution is -2.32. The molecule has 0 aliphatic rings. The molecule has 0 atom stereocenters. The minimum absolute atomic E-state index is 0.328. The molecular formula is C17H20F2N2. The minimum atomic E-state index is -0.613. The van der Waals surface area contributed by atoms with Crippen LogP contribution < -0.4 is 0 Å². The molecule has 2 rings (SSSR count). The number of fused-ring (bicyclic) bond motifs is 1. The van der Waals surface area contributed by atoms with Crippen LogP contribution >= 0.6 is 0 Å². The third kappa shape index (κ3) is 3.20. The molecule has 0 fully saturated rings. The fourth-order valence-electron chi connectivity index (χ4n) is 2.56. The van der Waals surface area contributed by atoms with Crippen LogP contribution in [-0.2, 0) is 0 Å². The number of amidine groups is 1. The van der Waals surface area contributed by atoms with E-state index < -0.39 is 11.6 Å². The maximum atomic E-state index is 13.9. The Morgan fingerprint density at radius 1 is 1.05 bits per heavy atom. The normalized spacial score (nSPS) is 10.9. The molecule has 1 N–H and O–H groups in total. The van der Waals surface area contributed by atoms with Crippen molar-refractivity contribution in [3.63, 3.8) is 0 Å². The summed E-state index contributed by atoms with van der Waals surface area (Å²) in [5.41, 5.74) is 0.577. The highest BCUT2D eigenvalue weighted by atomic mass is 19.1. The molecule has 2 aromatic rings. The van der Waals surface area contributed by atoms with Gasteiger partial charge < -0.3 is 4.90 Å². The lowest BCUT2D eigenvalue weighted by Gasteiger charge is -2.25. The van der Waals surface area contributed by atoms with Gasteiger partial charge in [-0.05, 0) is 24.3 Å². The van der Waals surface area contributed by atoms with Crippen molar-refractivity contribution >= 4 is 16.6 Å². The van der Waals surface area contributed by atoms with Crippen LogP contribution in [0.1, 0.15) is 32.3 Å². The van der Waals surface area contributed by atoms with Crippen molar-refractivity contribution in [2.75, 3.05) is 13.1 Å². The second-order valence-corrected chi connectivity index (χ2v) is 5.12. The topological polar surface area (TPSA) is 27.1 Å². The number of halogens is 2. The Balaban J connectivity index is 2.52. The number of benzene rings is 2. The van der Waals surface area contributed by atoms with Crippen molar-refractivity contribution < 1.29 is 8.78 Å². The molecular weight excluding hydrogens is 270 g/mol. The highest BCUT2D eigenvalue weighted by molar-refractivity contribution is 6.08. The molecule has 0 saturated carbocycles. The van der Waals surface area contributed by atoms with Crippen molar-refractivity contribution in [2.45, 2.75) is 26.7 Å². The SMILES string of the molecule is CCCN(CCC)C(=N)c1cccc2c(F)cc(F)cc12. The zero-order valence-electron chi connectivity index (χ0n) is 12.4. The second kappa shape index (κ2) is 6.66. The molecule has 112 valence electrons. The van der Waals surface area contributed by atoms with Gasteiger partial charge in [0.1, 0.15) is 17.5 Å². The van der Waals surface area contributed by atoms with E-state index in [1.165, 1.54) is 6.07 Å². The van der Waals surface area contributed by atoms with E-state index in [1.54, 1.807) is 18.2 Å². The number of hydrogen-bond acceptors (Lipinski definition) is 1. The van der Waals surface area contributed by atoms with Crippen LogP contribution in [0.3, 0.4) is 0 Å². The molecule has 0 amide bonds. The van der Waals surface area contributed by atoms with Crippen LogP contribution in [0.4, 0.5) is 8.78 Å². The van der Waals surface area contributed by atoms with Crippen LogP contribution in [0.15, 0.2) is 30.3 Å². The van der Waals surface area contributed by atoms with Crippen molar-refractivity contribution in [1.29, 1.82) is 5.41 Å². The zero-order valence-corrected chi connectivity index (χ0v) is 12.4. The molecule has 4 heteroatoms. The van der Waals surface area contributed by atoms with Crippen LogP contribution in [0.5, 0.6) is 0 Å². The fourth-order valence-corrected chi connectivity index (χ4v) is 2.56. The van der Waals surface area contributed by atoms with Crippen molar-refractivity contribution in [3.05, 3.63) is 47.5 Å². The van der Waals surface area contributed by atoms with Crippen molar-refractivity contribution in [2.24, 2.45) is 0 Å². The molecule has 2 nitrogen and oxygen atoms in total. The fraction of sp³-hybridized carbons (Fsp3) is 0.353. The van der Waals surface area contributed by atoms with Gasteiger partial charge in [0.15, 0.2) is 0 Å². The van der Waals surface area contributed by atoms with Gasteiger partial charge in [-0.3, -0.25) is 5.41 Å². The summed E-state index contributed by atoms with van der Waals surface area (Å²) in [7, 11) is 0. The van der Waals surface area contributed by atoms with Crippen LogP contribution in [0, 0.1) is 17.0 Å². The third-order valence-corrected chi connectivity index (χ3v) is 3.47. The van der Waals surface area contributed by atoms with E-state index in [2.05, 4.69) is 13.8 Å². The summed E-state index contributed by atoms with van der Waals surface area (Å²) < 4.78 is 27.4. The van der Waals surface area contributed by atoms with Crippen LogP contribution in [0.25, 0.3) is 10.8 Å². The Hall–Kier alpha value is -1.97. The summed E-state index contributed by atoms with van der Waals surface area (Å²) in [6.45, 7) is 5.64. The second-order valence-electron chi connectivity index (χ2n) is 5.12. The lowest BCUT2D eigenvalue weighted by atomic mass is 10.0. The maximum Gasteiger partial charge on any atom is 0.133 e. The Morgan fingerprint density at radius 2 is 1.71 bits per heavy atom. The van der Waals surface area contributed by atoms with Gasteiger partial charge in [0.25, 0.3) is 0 Å². The van der Waals surface area contributed by atoms with E-state index in [4.69, 9.17) is 5.41 Å². The lowest BCUT2D eigenvalue weighted by molar-refractivity contribution is 0.415. The van der Waals surface area contributed by atoms with E-state index in [0.717, 1.165) is 32.0 Å². The molecule has 0 aliphatic carbocycles. The van der Waals surface area contributed by atoms with E-state index >= 15 is 0 Å². The van der Waals surface area contributed by atoms with E-state index in [-0.39, 0.29) is 0 Å². The standard InChI is InChI=1S/C17H20F2N2/c1-3-8-21(9-4-2)17(20)14-7-5-6-13-15(14)10-12(18)11-16(13)19/h5-7,10-11,20H,3-4,8-9H2,1-2H3. The van der Waals surface area contributed by atoms with Gasteiger partial charge in [0, 0.05) is 30.1 Å². The zero-order chi connectivity index (χ0) is 15.4. The average molecular weight is 290 g/mol. The van der Waals surface area contributed by atoms with E-state index in [1.807, 2.05) is 4.90 Å². The van der Waals surface area contributed by atoms with Gasteiger partial charge >= 0.3 is 0 Å². The van der Waals surface area contributed by atoms with Gasteiger partial charge in [-0.15, -0.1) is 0 Å². The molecule has 0 radical (unpaired) electrons. The Labute approximate surface area is 123 Å². The Kier molecular flexibility index (Phi) is 4.89. The first-order valence-corrected chi connectivity index (χ1v) is 7.30. The molecule has 0 saturated heterocycles. The predicted octanol–water partition coefficient (Wildman–Crippen LogP) is 4.57. The number of nitrogens with zero attached hydrogens (tertiary/aromatic N) is 1. The van der Waals surface area contributed by atoms with Crippen molar-refractivity contribution in [3.8, 4) is 0 Å². The summed E-state index contributed by atoms with van der Waals surface area (Å²) in [5, 5.41) is 9.21. The Bertz CT molecular complexity index is 647.